The number of nitrogens with one attached hydrogen (secondary N) is 1. The maximum absolute atomic E-state index is 12.3. The van der Waals surface area contributed by atoms with Crippen LogP contribution >= 0.6 is 11.3 Å². The van der Waals surface area contributed by atoms with Gasteiger partial charge in [0.25, 0.3) is 0 Å². The van der Waals surface area contributed by atoms with Crippen LogP contribution in [0.3, 0.4) is 0 Å². The number of likely N-dealkylation sites (tertiary alicyclic amines) is 1. The summed E-state index contributed by atoms with van der Waals surface area (Å²) in [7, 11) is 0. The Balaban J connectivity index is 1.19. The minimum absolute atomic E-state index is 0.0594. The number of nitro benzene ring substituents is 1. The van der Waals surface area contributed by atoms with E-state index in [1.807, 2.05) is 32.9 Å². The Morgan fingerprint density at radius 3 is 2.72 bits per heavy atom. The van der Waals surface area contributed by atoms with Gasteiger partial charge in [0, 0.05) is 35.3 Å². The normalized spacial score (nSPS) is 13.6. The number of ether oxygens (including phenoxy) is 2. The lowest BCUT2D eigenvalue weighted by molar-refractivity contribution is -0.385. The highest BCUT2D eigenvalue weighted by Crippen LogP contribution is 2.28. The molecule has 3 heterocycles. The molecular weight excluding hydrogens is 566 g/mol. The van der Waals surface area contributed by atoms with Gasteiger partial charge in [-0.2, -0.15) is 0 Å². The third-order valence-corrected chi connectivity index (χ3v) is 7.53. The molecule has 1 aliphatic rings. The number of carbonyl (C=O) groups is 1. The lowest BCUT2D eigenvalue weighted by atomic mass is 10.1. The molecule has 0 bridgehead atoms. The number of rotatable bonds is 12. The van der Waals surface area contributed by atoms with E-state index in [2.05, 4.69) is 32.0 Å². The van der Waals surface area contributed by atoms with Gasteiger partial charge in [-0.25, -0.2) is 14.8 Å². The van der Waals surface area contributed by atoms with Crippen molar-refractivity contribution in [2.45, 2.75) is 64.9 Å². The summed E-state index contributed by atoms with van der Waals surface area (Å²) in [6, 6.07) is 8.67. The van der Waals surface area contributed by atoms with E-state index in [9.17, 15) is 14.9 Å². The SMILES string of the molecule is CC(C)(C)OC(=O)c1csc(-c2ccnc(NCCCCCOc3ccc(C#CCN4CCCCC4)cc3[N+](=O)[O-])c2)n1. The average molecular weight is 606 g/mol. The molecule has 3 aromatic rings. The second-order valence-corrected chi connectivity index (χ2v) is 12.2. The van der Waals surface area contributed by atoms with Crippen molar-refractivity contribution in [3.63, 3.8) is 0 Å². The summed E-state index contributed by atoms with van der Waals surface area (Å²) in [5, 5.41) is 17.4. The molecule has 1 N–H and O–H groups in total. The molecule has 1 aliphatic heterocycles. The van der Waals surface area contributed by atoms with Crippen molar-refractivity contribution in [2.75, 3.05) is 38.1 Å². The van der Waals surface area contributed by atoms with Crippen LogP contribution in [0.25, 0.3) is 10.6 Å². The van der Waals surface area contributed by atoms with Crippen LogP contribution in [0.15, 0.2) is 41.9 Å². The highest BCUT2D eigenvalue weighted by atomic mass is 32.1. The fourth-order valence-corrected chi connectivity index (χ4v) is 5.31. The number of unbranched alkanes of at least 4 members (excludes halogenated alkanes) is 2. The molecule has 0 saturated carbocycles. The predicted octanol–water partition coefficient (Wildman–Crippen LogP) is 6.57. The van der Waals surface area contributed by atoms with E-state index in [0.29, 0.717) is 31.0 Å². The van der Waals surface area contributed by atoms with Crippen LogP contribution in [0.4, 0.5) is 11.5 Å². The number of carbonyl (C=O) groups excluding carboxylic acids is 1. The first kappa shape index (κ1) is 31.9. The van der Waals surface area contributed by atoms with Crippen molar-refractivity contribution in [3.05, 3.63) is 63.3 Å². The summed E-state index contributed by atoms with van der Waals surface area (Å²) in [6.07, 6.45) is 7.91. The highest BCUT2D eigenvalue weighted by Gasteiger charge is 2.21. The van der Waals surface area contributed by atoms with Gasteiger partial charge in [-0.15, -0.1) is 11.3 Å². The van der Waals surface area contributed by atoms with Crippen molar-refractivity contribution < 1.29 is 19.2 Å². The first-order valence-electron chi connectivity index (χ1n) is 14.7. The van der Waals surface area contributed by atoms with Gasteiger partial charge in [0.2, 0.25) is 0 Å². The second kappa shape index (κ2) is 15.5. The van der Waals surface area contributed by atoms with Gasteiger partial charge in [0.15, 0.2) is 11.4 Å². The van der Waals surface area contributed by atoms with Crippen LogP contribution in [0.1, 0.15) is 75.3 Å². The summed E-state index contributed by atoms with van der Waals surface area (Å²) in [5.74, 6) is 6.75. The maximum atomic E-state index is 12.3. The smallest absolute Gasteiger partial charge is 0.358 e. The Bertz CT molecular complexity index is 1450. The van der Waals surface area contributed by atoms with E-state index in [1.54, 1.807) is 23.7 Å². The quantitative estimate of drug-likeness (QED) is 0.0804. The average Bonchev–Trinajstić information content (AvgIpc) is 3.48. The van der Waals surface area contributed by atoms with Crippen LogP contribution in [0, 0.1) is 22.0 Å². The van der Waals surface area contributed by atoms with Gasteiger partial charge in [0.1, 0.15) is 16.4 Å². The molecule has 1 saturated heterocycles. The number of hydrogen-bond acceptors (Lipinski definition) is 10. The summed E-state index contributed by atoms with van der Waals surface area (Å²) >= 11 is 1.38. The molecule has 4 rings (SSSR count). The number of anilines is 1. The minimum atomic E-state index is -0.577. The van der Waals surface area contributed by atoms with Crippen molar-refractivity contribution in [3.8, 4) is 28.2 Å². The van der Waals surface area contributed by atoms with Crippen molar-refractivity contribution in [1.29, 1.82) is 0 Å². The fourth-order valence-electron chi connectivity index (χ4n) is 4.52. The van der Waals surface area contributed by atoms with Crippen LogP contribution in [-0.4, -0.2) is 64.1 Å². The first-order chi connectivity index (χ1) is 20.7. The van der Waals surface area contributed by atoms with E-state index in [1.165, 1.54) is 36.7 Å². The monoisotopic (exact) mass is 605 g/mol. The third kappa shape index (κ3) is 10.3. The number of thiazole rings is 1. The number of nitro groups is 1. The fraction of sp³-hybridized carbons (Fsp3) is 0.469. The Labute approximate surface area is 257 Å². The zero-order chi connectivity index (χ0) is 30.7. The van der Waals surface area contributed by atoms with Gasteiger partial charge in [-0.1, -0.05) is 18.3 Å². The number of nitrogens with zero attached hydrogens (tertiary/aromatic N) is 4. The lowest BCUT2D eigenvalue weighted by Crippen LogP contribution is -2.29. The third-order valence-electron chi connectivity index (χ3n) is 6.64. The largest absolute Gasteiger partial charge is 0.487 e. The second-order valence-electron chi connectivity index (χ2n) is 11.4. The molecule has 0 atom stereocenters. The Morgan fingerprint density at radius 1 is 1.14 bits per heavy atom. The van der Waals surface area contributed by atoms with Crippen LogP contribution in [0.5, 0.6) is 5.75 Å². The van der Waals surface area contributed by atoms with E-state index in [-0.39, 0.29) is 11.4 Å². The molecule has 10 nitrogen and oxygen atoms in total. The number of benzene rings is 1. The number of esters is 1. The lowest BCUT2D eigenvalue weighted by Gasteiger charge is -2.23. The van der Waals surface area contributed by atoms with Crippen molar-refractivity contribution in [1.82, 2.24) is 14.9 Å². The van der Waals surface area contributed by atoms with Crippen LogP contribution in [-0.2, 0) is 4.74 Å². The molecular formula is C32H39N5O5S. The molecule has 43 heavy (non-hydrogen) atoms. The Kier molecular flexibility index (Phi) is 11.5. The molecule has 0 radical (unpaired) electrons. The molecule has 228 valence electrons. The van der Waals surface area contributed by atoms with Gasteiger partial charge in [-0.3, -0.25) is 15.0 Å². The highest BCUT2D eigenvalue weighted by molar-refractivity contribution is 7.13. The molecule has 0 spiro atoms. The molecule has 11 heteroatoms. The summed E-state index contributed by atoms with van der Waals surface area (Å²) in [5.41, 5.74) is 1.15. The molecule has 2 aromatic heterocycles. The number of piperidine rings is 1. The maximum Gasteiger partial charge on any atom is 0.358 e. The molecule has 1 fully saturated rings. The number of pyridine rings is 1. The summed E-state index contributed by atoms with van der Waals surface area (Å²) < 4.78 is 11.2. The van der Waals surface area contributed by atoms with Crippen molar-refractivity contribution >= 4 is 28.8 Å². The van der Waals surface area contributed by atoms with Crippen LogP contribution < -0.4 is 10.1 Å². The van der Waals surface area contributed by atoms with E-state index < -0.39 is 16.5 Å². The predicted molar refractivity (Wildman–Crippen MR) is 169 cm³/mol. The van der Waals surface area contributed by atoms with Gasteiger partial charge in [-0.05, 0) is 90.2 Å². The molecule has 0 amide bonds. The molecule has 1 aromatic carbocycles. The standard InChI is InChI=1S/C32H39N5O5S/c1-32(2,3)42-31(38)26-23-43-30(35-26)25-14-16-34-29(22-25)33-15-6-4-9-20-41-28-13-12-24(21-27(28)37(39)40)11-10-19-36-17-7-5-8-18-36/h12-14,16,21-23H,4-9,15,17-20H2,1-3H3,(H,33,34). The minimum Gasteiger partial charge on any atom is -0.487 e. The van der Waals surface area contributed by atoms with Crippen LogP contribution in [0.2, 0.25) is 0 Å². The van der Waals surface area contributed by atoms with Crippen molar-refractivity contribution in [2.24, 2.45) is 0 Å². The molecule has 0 unspecified atom stereocenters. The first-order valence-corrected chi connectivity index (χ1v) is 15.6. The molecule has 0 aliphatic carbocycles. The number of aromatic nitrogens is 2. The van der Waals surface area contributed by atoms with Gasteiger partial charge < -0.3 is 14.8 Å². The zero-order valence-electron chi connectivity index (χ0n) is 25.1. The zero-order valence-corrected chi connectivity index (χ0v) is 25.9. The number of hydrogen-bond donors (Lipinski definition) is 1. The van der Waals surface area contributed by atoms with E-state index >= 15 is 0 Å². The topological polar surface area (TPSA) is 120 Å². The Hall–Kier alpha value is -4.01. The van der Waals surface area contributed by atoms with Gasteiger partial charge in [0.05, 0.1) is 18.1 Å². The van der Waals surface area contributed by atoms with Gasteiger partial charge >= 0.3 is 11.7 Å². The summed E-state index contributed by atoms with van der Waals surface area (Å²) in [6.45, 7) is 9.38. The van der Waals surface area contributed by atoms with E-state index in [0.717, 1.165) is 48.7 Å². The summed E-state index contributed by atoms with van der Waals surface area (Å²) in [4.78, 5) is 34.6. The Morgan fingerprint density at radius 2 is 1.95 bits per heavy atom. The van der Waals surface area contributed by atoms with E-state index in [4.69, 9.17) is 9.47 Å².